The normalized spacial score (nSPS) is 16.7. The summed E-state index contributed by atoms with van der Waals surface area (Å²) < 4.78 is 38.7. The molecule has 0 spiro atoms. The van der Waals surface area contributed by atoms with E-state index in [4.69, 9.17) is 9.47 Å². The van der Waals surface area contributed by atoms with E-state index in [2.05, 4.69) is 5.32 Å². The minimum atomic E-state index is -3.85. The minimum absolute atomic E-state index is 0.0324. The van der Waals surface area contributed by atoms with E-state index in [0.717, 1.165) is 31.2 Å². The van der Waals surface area contributed by atoms with Crippen molar-refractivity contribution in [2.24, 2.45) is 0 Å². The van der Waals surface area contributed by atoms with Gasteiger partial charge in [0, 0.05) is 13.1 Å². The van der Waals surface area contributed by atoms with Gasteiger partial charge in [-0.15, -0.1) is 0 Å². The lowest BCUT2D eigenvalue weighted by Crippen LogP contribution is -2.37. The van der Waals surface area contributed by atoms with Crippen molar-refractivity contribution in [2.75, 3.05) is 20.2 Å². The first-order valence-electron chi connectivity index (χ1n) is 11.5. The molecule has 3 rings (SSSR count). The molecule has 0 saturated carbocycles. The highest BCUT2D eigenvalue weighted by Crippen LogP contribution is 2.29. The Labute approximate surface area is 201 Å². The summed E-state index contributed by atoms with van der Waals surface area (Å²) >= 11 is 0. The topological polar surface area (TPSA) is 102 Å². The highest BCUT2D eigenvalue weighted by Gasteiger charge is 2.30. The van der Waals surface area contributed by atoms with Crippen LogP contribution in [0.5, 0.6) is 5.75 Å². The molecule has 184 valence electrons. The van der Waals surface area contributed by atoms with Crippen LogP contribution in [0, 0.1) is 0 Å². The number of nitrogens with one attached hydrogen (secondary N) is 1. The van der Waals surface area contributed by atoms with Gasteiger partial charge in [0.15, 0.2) is 6.10 Å². The average Bonchev–Trinajstić information content (AvgIpc) is 3.14. The standard InChI is InChI=1S/C25H32N2O6S/c1-18(20-11-7-6-8-12-20)26-24(28)19(2)33-25(29)21-13-14-22(32-3)23(17-21)34(30,31)27-15-9-4-5-10-16-27/h6-8,11-14,17-19H,4-5,9-10,15-16H2,1-3H3,(H,26,28). The molecule has 1 aliphatic rings. The molecule has 1 aliphatic heterocycles. The van der Waals surface area contributed by atoms with E-state index in [1.807, 2.05) is 37.3 Å². The molecule has 1 saturated heterocycles. The van der Waals surface area contributed by atoms with Crippen molar-refractivity contribution >= 4 is 21.9 Å². The number of nitrogens with zero attached hydrogens (tertiary/aromatic N) is 1. The van der Waals surface area contributed by atoms with Crippen molar-refractivity contribution in [3.8, 4) is 5.75 Å². The van der Waals surface area contributed by atoms with E-state index in [1.54, 1.807) is 0 Å². The maximum atomic E-state index is 13.3. The number of amides is 1. The van der Waals surface area contributed by atoms with E-state index in [0.29, 0.717) is 13.1 Å². The Bertz CT molecular complexity index is 1100. The molecule has 0 aliphatic carbocycles. The molecule has 0 aromatic heterocycles. The molecular formula is C25H32N2O6S. The molecule has 0 bridgehead atoms. The van der Waals surface area contributed by atoms with Crippen LogP contribution in [0.3, 0.4) is 0 Å². The van der Waals surface area contributed by atoms with E-state index >= 15 is 0 Å². The maximum Gasteiger partial charge on any atom is 0.338 e. The summed E-state index contributed by atoms with van der Waals surface area (Å²) in [4.78, 5) is 25.2. The van der Waals surface area contributed by atoms with E-state index in [-0.39, 0.29) is 22.3 Å². The Balaban J connectivity index is 1.74. The molecular weight excluding hydrogens is 456 g/mol. The molecule has 1 N–H and O–H groups in total. The van der Waals surface area contributed by atoms with Gasteiger partial charge < -0.3 is 14.8 Å². The Hall–Kier alpha value is -2.91. The molecule has 2 unspecified atom stereocenters. The third kappa shape index (κ3) is 6.15. The van der Waals surface area contributed by atoms with Crippen LogP contribution in [0.25, 0.3) is 0 Å². The largest absolute Gasteiger partial charge is 0.495 e. The Morgan fingerprint density at radius 1 is 0.971 bits per heavy atom. The summed E-state index contributed by atoms with van der Waals surface area (Å²) in [5.74, 6) is -1.08. The number of ether oxygens (including phenoxy) is 2. The van der Waals surface area contributed by atoms with Gasteiger partial charge in [0.2, 0.25) is 10.0 Å². The van der Waals surface area contributed by atoms with Gasteiger partial charge in [-0.3, -0.25) is 4.79 Å². The van der Waals surface area contributed by atoms with Crippen LogP contribution in [-0.4, -0.2) is 50.9 Å². The fourth-order valence-electron chi connectivity index (χ4n) is 3.86. The SMILES string of the molecule is COc1ccc(C(=O)OC(C)C(=O)NC(C)c2ccccc2)cc1S(=O)(=O)N1CCCCCC1. The molecule has 8 nitrogen and oxygen atoms in total. The van der Waals surface area contributed by atoms with Crippen LogP contribution >= 0.6 is 0 Å². The van der Waals surface area contributed by atoms with Gasteiger partial charge >= 0.3 is 5.97 Å². The fourth-order valence-corrected chi connectivity index (χ4v) is 5.56. The van der Waals surface area contributed by atoms with Crippen molar-refractivity contribution in [1.82, 2.24) is 9.62 Å². The molecule has 1 amide bonds. The molecule has 34 heavy (non-hydrogen) atoms. The summed E-state index contributed by atoms with van der Waals surface area (Å²) in [6, 6.07) is 13.3. The molecule has 0 radical (unpaired) electrons. The number of benzene rings is 2. The van der Waals surface area contributed by atoms with Crippen molar-refractivity contribution in [1.29, 1.82) is 0 Å². The molecule has 2 aromatic carbocycles. The van der Waals surface area contributed by atoms with Crippen molar-refractivity contribution in [3.63, 3.8) is 0 Å². The third-order valence-corrected chi connectivity index (χ3v) is 7.81. The van der Waals surface area contributed by atoms with Crippen molar-refractivity contribution < 1.29 is 27.5 Å². The first kappa shape index (κ1) is 25.7. The first-order chi connectivity index (χ1) is 16.2. The summed E-state index contributed by atoms with van der Waals surface area (Å²) in [5, 5.41) is 2.82. The molecule has 1 fully saturated rings. The van der Waals surface area contributed by atoms with E-state index < -0.39 is 28.0 Å². The Morgan fingerprint density at radius 3 is 2.24 bits per heavy atom. The minimum Gasteiger partial charge on any atom is -0.495 e. The second kappa shape index (κ2) is 11.5. The highest BCUT2D eigenvalue weighted by atomic mass is 32.2. The monoisotopic (exact) mass is 488 g/mol. The zero-order valence-corrected chi connectivity index (χ0v) is 20.6. The highest BCUT2D eigenvalue weighted by molar-refractivity contribution is 7.89. The number of carbonyl (C=O) groups excluding carboxylic acids is 2. The number of carbonyl (C=O) groups is 2. The lowest BCUT2D eigenvalue weighted by molar-refractivity contribution is -0.129. The predicted octanol–water partition coefficient (Wildman–Crippen LogP) is 3.68. The molecule has 2 aromatic rings. The smallest absolute Gasteiger partial charge is 0.338 e. The summed E-state index contributed by atoms with van der Waals surface area (Å²) in [7, 11) is -2.47. The number of sulfonamides is 1. The lowest BCUT2D eigenvalue weighted by atomic mass is 10.1. The molecule has 2 atom stereocenters. The number of methoxy groups -OCH3 is 1. The second-order valence-corrected chi connectivity index (χ2v) is 10.3. The molecule has 9 heteroatoms. The summed E-state index contributed by atoms with van der Waals surface area (Å²) in [6.45, 7) is 4.17. The first-order valence-corrected chi connectivity index (χ1v) is 12.9. The Kier molecular flexibility index (Phi) is 8.68. The van der Waals surface area contributed by atoms with Crippen LogP contribution < -0.4 is 10.1 Å². The van der Waals surface area contributed by atoms with Crippen LogP contribution in [0.15, 0.2) is 53.4 Å². The average molecular weight is 489 g/mol. The van der Waals surface area contributed by atoms with Crippen LogP contribution in [0.4, 0.5) is 0 Å². The number of rotatable bonds is 8. The van der Waals surface area contributed by atoms with E-state index in [1.165, 1.54) is 36.5 Å². The quantitative estimate of drug-likeness (QED) is 0.569. The predicted molar refractivity (Wildman–Crippen MR) is 128 cm³/mol. The van der Waals surface area contributed by atoms with Crippen LogP contribution in [0.1, 0.15) is 61.5 Å². The van der Waals surface area contributed by atoms with Crippen LogP contribution in [0.2, 0.25) is 0 Å². The summed E-state index contributed by atoms with van der Waals surface area (Å²) in [5.41, 5.74) is 0.956. The van der Waals surface area contributed by atoms with Gasteiger partial charge in [-0.1, -0.05) is 43.2 Å². The van der Waals surface area contributed by atoms with Crippen molar-refractivity contribution in [3.05, 3.63) is 59.7 Å². The third-order valence-electron chi connectivity index (χ3n) is 5.89. The fraction of sp³-hybridized carbons (Fsp3) is 0.440. The van der Waals surface area contributed by atoms with Crippen LogP contribution in [-0.2, 0) is 19.6 Å². The van der Waals surface area contributed by atoms with Gasteiger partial charge in [-0.25, -0.2) is 13.2 Å². The number of hydrogen-bond acceptors (Lipinski definition) is 6. The van der Waals surface area contributed by atoms with Gasteiger partial charge in [0.05, 0.1) is 18.7 Å². The van der Waals surface area contributed by atoms with Gasteiger partial charge in [-0.2, -0.15) is 4.31 Å². The van der Waals surface area contributed by atoms with Crippen molar-refractivity contribution in [2.45, 2.75) is 56.6 Å². The zero-order valence-electron chi connectivity index (χ0n) is 19.8. The van der Waals surface area contributed by atoms with Gasteiger partial charge in [0.25, 0.3) is 5.91 Å². The van der Waals surface area contributed by atoms with Gasteiger partial charge in [-0.05, 0) is 50.5 Å². The maximum absolute atomic E-state index is 13.3. The van der Waals surface area contributed by atoms with Gasteiger partial charge in [0.1, 0.15) is 10.6 Å². The summed E-state index contributed by atoms with van der Waals surface area (Å²) in [6.07, 6.45) is 2.48. The second-order valence-electron chi connectivity index (χ2n) is 8.37. The van der Waals surface area contributed by atoms with E-state index in [9.17, 15) is 18.0 Å². The number of esters is 1. The zero-order chi connectivity index (χ0) is 24.7. The Morgan fingerprint density at radius 2 is 1.62 bits per heavy atom. The number of hydrogen-bond donors (Lipinski definition) is 1. The lowest BCUT2D eigenvalue weighted by Gasteiger charge is -2.22. The molecule has 1 heterocycles.